The van der Waals surface area contributed by atoms with Crippen molar-refractivity contribution in [1.29, 1.82) is 0 Å². The molecule has 1 saturated heterocycles. The minimum atomic E-state index is 0.411. The van der Waals surface area contributed by atoms with E-state index < -0.39 is 0 Å². The number of hydrogen-bond acceptors (Lipinski definition) is 6. The zero-order valence-corrected chi connectivity index (χ0v) is 17.5. The predicted octanol–water partition coefficient (Wildman–Crippen LogP) is 5.51. The van der Waals surface area contributed by atoms with E-state index in [-0.39, 0.29) is 0 Å². The molecule has 0 aliphatic carbocycles. The quantitative estimate of drug-likeness (QED) is 0.506. The van der Waals surface area contributed by atoms with Crippen LogP contribution < -0.4 is 11.1 Å². The van der Waals surface area contributed by atoms with Crippen LogP contribution in [0.25, 0.3) is 10.2 Å². The third-order valence-electron chi connectivity index (χ3n) is 3.75. The molecule has 1 aliphatic rings. The van der Waals surface area contributed by atoms with Gasteiger partial charge in [0, 0.05) is 42.1 Å². The fourth-order valence-corrected chi connectivity index (χ4v) is 4.79. The lowest BCUT2D eigenvalue weighted by Gasteiger charge is -2.16. The fraction of sp³-hybridized carbons (Fsp3) is 0.353. The number of nitrogens with two attached hydrogens (primary N) is 1. The lowest BCUT2D eigenvalue weighted by atomic mass is 10.1. The van der Waals surface area contributed by atoms with E-state index in [4.69, 9.17) is 22.1 Å². The zero-order valence-electron chi connectivity index (χ0n) is 13.5. The van der Waals surface area contributed by atoms with Crippen molar-refractivity contribution in [2.24, 2.45) is 5.73 Å². The van der Waals surface area contributed by atoms with Gasteiger partial charge in [-0.2, -0.15) is 0 Å². The Balaban J connectivity index is 0.000000219. The Morgan fingerprint density at radius 3 is 2.80 bits per heavy atom. The molecule has 4 heterocycles. The number of halogens is 2. The van der Waals surface area contributed by atoms with Crippen LogP contribution in [0.2, 0.25) is 5.15 Å². The molecule has 3 N–H and O–H groups in total. The molecule has 4 rings (SSSR count). The average Bonchev–Trinajstić information content (AvgIpc) is 3.25. The summed E-state index contributed by atoms with van der Waals surface area (Å²) in [5.41, 5.74) is 7.51. The standard InChI is InChI=1S/C12H8BrClN2S2.C5H11NO/c13-8-6-18-12-9(4-10(14)16-11(8)12)15-5-7-2-1-3-17-7;6-5-1-3-7-4-2-5/h1-4,6H,5H2,(H,15,16);5H,1-4,6H2. The van der Waals surface area contributed by atoms with Gasteiger partial charge in [-0.05, 0) is 40.2 Å². The Hall–Kier alpha value is -0.700. The number of pyridine rings is 1. The van der Waals surface area contributed by atoms with Crippen LogP contribution in [0.3, 0.4) is 0 Å². The first-order chi connectivity index (χ1) is 12.1. The van der Waals surface area contributed by atoms with Crippen LogP contribution in [-0.4, -0.2) is 24.2 Å². The molecule has 0 bridgehead atoms. The zero-order chi connectivity index (χ0) is 17.6. The summed E-state index contributed by atoms with van der Waals surface area (Å²) in [5, 5.41) is 8.04. The van der Waals surface area contributed by atoms with Crippen molar-refractivity contribution >= 4 is 66.1 Å². The molecule has 0 saturated carbocycles. The van der Waals surface area contributed by atoms with Gasteiger partial charge in [0.15, 0.2) is 0 Å². The normalized spacial score (nSPS) is 15.0. The van der Waals surface area contributed by atoms with E-state index in [1.807, 2.05) is 11.4 Å². The largest absolute Gasteiger partial charge is 0.381 e. The van der Waals surface area contributed by atoms with Crippen LogP contribution in [0.15, 0.2) is 33.4 Å². The number of fused-ring (bicyclic) bond motifs is 1. The molecule has 0 radical (unpaired) electrons. The van der Waals surface area contributed by atoms with Crippen molar-refractivity contribution in [3.8, 4) is 0 Å². The number of anilines is 1. The van der Waals surface area contributed by atoms with Gasteiger partial charge in [-0.3, -0.25) is 0 Å². The van der Waals surface area contributed by atoms with Gasteiger partial charge in [-0.25, -0.2) is 4.98 Å². The van der Waals surface area contributed by atoms with Crippen LogP contribution in [0.4, 0.5) is 5.69 Å². The van der Waals surface area contributed by atoms with Crippen molar-refractivity contribution < 1.29 is 4.74 Å². The molecule has 0 atom stereocenters. The molecule has 3 aromatic rings. The number of aromatic nitrogens is 1. The second-order valence-electron chi connectivity index (χ2n) is 5.64. The maximum atomic E-state index is 6.05. The molecule has 25 heavy (non-hydrogen) atoms. The summed E-state index contributed by atoms with van der Waals surface area (Å²) in [5.74, 6) is 0. The van der Waals surface area contributed by atoms with Gasteiger partial charge >= 0.3 is 0 Å². The molecule has 3 aromatic heterocycles. The Bertz CT molecular complexity index is 804. The van der Waals surface area contributed by atoms with Crippen LogP contribution >= 0.6 is 50.2 Å². The smallest absolute Gasteiger partial charge is 0.131 e. The fourth-order valence-electron chi connectivity index (χ4n) is 2.39. The summed E-state index contributed by atoms with van der Waals surface area (Å²) < 4.78 is 7.18. The monoisotopic (exact) mass is 459 g/mol. The molecular weight excluding hydrogens is 442 g/mol. The van der Waals surface area contributed by atoms with Gasteiger partial charge in [0.2, 0.25) is 0 Å². The molecule has 0 unspecified atom stereocenters. The first kappa shape index (κ1) is 19.1. The maximum absolute atomic E-state index is 6.05. The molecule has 0 spiro atoms. The summed E-state index contributed by atoms with van der Waals surface area (Å²) >= 11 is 12.9. The summed E-state index contributed by atoms with van der Waals surface area (Å²) in [6.07, 6.45) is 2.08. The van der Waals surface area contributed by atoms with Crippen LogP contribution in [0, 0.1) is 0 Å². The highest BCUT2D eigenvalue weighted by Crippen LogP contribution is 2.35. The van der Waals surface area contributed by atoms with Gasteiger partial charge < -0.3 is 15.8 Å². The number of hydrogen-bond donors (Lipinski definition) is 2. The van der Waals surface area contributed by atoms with Crippen LogP contribution in [0.1, 0.15) is 17.7 Å². The first-order valence-electron chi connectivity index (χ1n) is 7.96. The van der Waals surface area contributed by atoms with E-state index in [0.29, 0.717) is 11.2 Å². The number of ether oxygens (including phenoxy) is 1. The Labute approximate surface area is 168 Å². The van der Waals surface area contributed by atoms with Gasteiger partial charge in [0.25, 0.3) is 0 Å². The van der Waals surface area contributed by atoms with E-state index in [2.05, 4.69) is 43.7 Å². The SMILES string of the molecule is Clc1cc(NCc2cccs2)c2scc(Br)c2n1.NC1CCOCC1. The van der Waals surface area contributed by atoms with Gasteiger partial charge in [0.05, 0.1) is 20.4 Å². The number of nitrogens with zero attached hydrogens (tertiary/aromatic N) is 1. The Morgan fingerprint density at radius 2 is 2.16 bits per heavy atom. The lowest BCUT2D eigenvalue weighted by Crippen LogP contribution is -2.28. The van der Waals surface area contributed by atoms with Crippen molar-refractivity contribution in [1.82, 2.24) is 4.98 Å². The average molecular weight is 461 g/mol. The lowest BCUT2D eigenvalue weighted by molar-refractivity contribution is 0.0866. The maximum Gasteiger partial charge on any atom is 0.131 e. The van der Waals surface area contributed by atoms with E-state index >= 15 is 0 Å². The van der Waals surface area contributed by atoms with E-state index in [1.165, 1.54) is 4.88 Å². The van der Waals surface area contributed by atoms with E-state index in [9.17, 15) is 0 Å². The topological polar surface area (TPSA) is 60.2 Å². The first-order valence-corrected chi connectivity index (χ1v) is 10.9. The highest BCUT2D eigenvalue weighted by Gasteiger charge is 2.10. The van der Waals surface area contributed by atoms with Gasteiger partial charge in [-0.15, -0.1) is 22.7 Å². The highest BCUT2D eigenvalue weighted by atomic mass is 79.9. The predicted molar refractivity (Wildman–Crippen MR) is 112 cm³/mol. The van der Waals surface area contributed by atoms with Crippen LogP contribution in [-0.2, 0) is 11.3 Å². The second kappa shape index (κ2) is 9.30. The molecule has 0 aromatic carbocycles. The molecule has 0 amide bonds. The number of nitrogens with one attached hydrogen (secondary N) is 1. The Morgan fingerprint density at radius 1 is 1.36 bits per heavy atom. The number of thiophene rings is 2. The summed E-state index contributed by atoms with van der Waals surface area (Å²) in [4.78, 5) is 5.63. The van der Waals surface area contributed by atoms with Crippen molar-refractivity contribution in [2.45, 2.75) is 25.4 Å². The molecule has 4 nitrogen and oxygen atoms in total. The van der Waals surface area contributed by atoms with Crippen LogP contribution in [0.5, 0.6) is 0 Å². The summed E-state index contributed by atoms with van der Waals surface area (Å²) in [7, 11) is 0. The summed E-state index contributed by atoms with van der Waals surface area (Å²) in [6, 6.07) is 6.45. The minimum absolute atomic E-state index is 0.411. The summed E-state index contributed by atoms with van der Waals surface area (Å²) in [6.45, 7) is 2.53. The van der Waals surface area contributed by atoms with Crippen molar-refractivity contribution in [3.63, 3.8) is 0 Å². The molecule has 1 aliphatic heterocycles. The van der Waals surface area contributed by atoms with E-state index in [0.717, 1.165) is 53.0 Å². The molecule has 8 heteroatoms. The second-order valence-corrected chi connectivity index (χ2v) is 8.79. The highest BCUT2D eigenvalue weighted by molar-refractivity contribution is 9.10. The third kappa shape index (κ3) is 5.39. The van der Waals surface area contributed by atoms with Crippen molar-refractivity contribution in [2.75, 3.05) is 18.5 Å². The Kier molecular flexibility index (Phi) is 7.09. The van der Waals surface area contributed by atoms with E-state index in [1.54, 1.807) is 22.7 Å². The van der Waals surface area contributed by atoms with Crippen molar-refractivity contribution in [3.05, 3.63) is 43.5 Å². The third-order valence-corrected chi connectivity index (χ3v) is 6.73. The molecule has 1 fully saturated rings. The van der Waals surface area contributed by atoms with Gasteiger partial charge in [0.1, 0.15) is 5.15 Å². The molecular formula is C17H19BrClN3OS2. The number of rotatable bonds is 3. The van der Waals surface area contributed by atoms with Gasteiger partial charge in [-0.1, -0.05) is 17.7 Å². The minimum Gasteiger partial charge on any atom is -0.381 e. The molecule has 134 valence electrons.